The Kier molecular flexibility index (Phi) is 4.47. The van der Waals surface area contributed by atoms with Gasteiger partial charge in [0, 0.05) is 12.6 Å². The predicted molar refractivity (Wildman–Crippen MR) is 68.8 cm³/mol. The maximum absolute atomic E-state index is 12.7. The van der Waals surface area contributed by atoms with Gasteiger partial charge in [-0.3, -0.25) is 4.90 Å². The molecule has 0 aliphatic carbocycles. The molecule has 2 nitrogen and oxygen atoms in total. The molecule has 1 atom stereocenters. The van der Waals surface area contributed by atoms with E-state index in [0.717, 1.165) is 24.2 Å². The molecule has 1 aromatic rings. The van der Waals surface area contributed by atoms with Gasteiger partial charge < -0.3 is 5.32 Å². The van der Waals surface area contributed by atoms with Gasteiger partial charge in [-0.1, -0.05) is 31.2 Å². The van der Waals surface area contributed by atoms with Crippen molar-refractivity contribution in [3.63, 3.8) is 0 Å². The average molecular weight is 272 g/mol. The zero-order valence-corrected chi connectivity index (χ0v) is 11.0. The summed E-state index contributed by atoms with van der Waals surface area (Å²) in [6, 6.07) is 7.62. The fourth-order valence-electron chi connectivity index (χ4n) is 2.69. The second kappa shape index (κ2) is 5.92. The van der Waals surface area contributed by atoms with Gasteiger partial charge in [-0.15, -0.1) is 0 Å². The van der Waals surface area contributed by atoms with Crippen molar-refractivity contribution in [3.05, 3.63) is 35.4 Å². The van der Waals surface area contributed by atoms with Crippen molar-refractivity contribution in [2.45, 2.75) is 32.1 Å². The lowest BCUT2D eigenvalue weighted by Crippen LogP contribution is -2.37. The van der Waals surface area contributed by atoms with E-state index in [1.54, 1.807) is 6.92 Å². The summed E-state index contributed by atoms with van der Waals surface area (Å²) in [5.74, 6) is 0. The number of alkyl halides is 3. The molecule has 1 heterocycles. The van der Waals surface area contributed by atoms with Gasteiger partial charge in [-0.25, -0.2) is 0 Å². The molecular weight excluding hydrogens is 253 g/mol. The Morgan fingerprint density at radius 3 is 2.74 bits per heavy atom. The Bertz CT molecular complexity index is 417. The molecule has 1 aliphatic rings. The standard InChI is InChI=1S/C14H19F3N2/c1-2-19(10-14(15,16)17)13-7-8-18-9-11-5-3-4-6-12(11)13/h3-6,13,18H,2,7-10H2,1H3. The third kappa shape index (κ3) is 3.70. The topological polar surface area (TPSA) is 15.3 Å². The van der Waals surface area contributed by atoms with Crippen LogP contribution in [-0.4, -0.2) is 30.7 Å². The van der Waals surface area contributed by atoms with Gasteiger partial charge >= 0.3 is 6.18 Å². The van der Waals surface area contributed by atoms with Crippen LogP contribution in [0.25, 0.3) is 0 Å². The summed E-state index contributed by atoms with van der Waals surface area (Å²) >= 11 is 0. The number of benzene rings is 1. The van der Waals surface area contributed by atoms with Crippen molar-refractivity contribution >= 4 is 0 Å². The molecular formula is C14H19F3N2. The number of rotatable bonds is 3. The van der Waals surface area contributed by atoms with E-state index in [1.807, 2.05) is 24.3 Å². The van der Waals surface area contributed by atoms with Gasteiger partial charge in [-0.2, -0.15) is 13.2 Å². The van der Waals surface area contributed by atoms with Crippen LogP contribution in [0.5, 0.6) is 0 Å². The number of nitrogens with one attached hydrogen (secondary N) is 1. The van der Waals surface area contributed by atoms with Crippen LogP contribution in [0, 0.1) is 0 Å². The van der Waals surface area contributed by atoms with Crippen molar-refractivity contribution < 1.29 is 13.2 Å². The number of nitrogens with zero attached hydrogens (tertiary/aromatic N) is 1. The van der Waals surface area contributed by atoms with E-state index in [9.17, 15) is 13.2 Å². The Morgan fingerprint density at radius 1 is 1.32 bits per heavy atom. The first kappa shape index (κ1) is 14.3. The number of hydrogen-bond donors (Lipinski definition) is 1. The van der Waals surface area contributed by atoms with E-state index in [4.69, 9.17) is 0 Å². The maximum atomic E-state index is 12.7. The SMILES string of the molecule is CCN(CC(F)(F)F)C1CCNCc2ccccc21. The number of halogens is 3. The molecule has 0 bridgehead atoms. The average Bonchev–Trinajstić information content (AvgIpc) is 2.57. The molecule has 1 N–H and O–H groups in total. The van der Waals surface area contributed by atoms with Gasteiger partial charge in [0.2, 0.25) is 0 Å². The largest absolute Gasteiger partial charge is 0.401 e. The predicted octanol–water partition coefficient (Wildman–Crippen LogP) is 3.11. The molecule has 0 radical (unpaired) electrons. The first-order valence-electron chi connectivity index (χ1n) is 6.60. The maximum Gasteiger partial charge on any atom is 0.401 e. The van der Waals surface area contributed by atoms with Crippen LogP contribution < -0.4 is 5.32 Å². The molecule has 0 aromatic heterocycles. The monoisotopic (exact) mass is 272 g/mol. The zero-order valence-electron chi connectivity index (χ0n) is 11.0. The second-order valence-electron chi connectivity index (χ2n) is 4.86. The summed E-state index contributed by atoms with van der Waals surface area (Å²) in [6.07, 6.45) is -3.44. The van der Waals surface area contributed by atoms with Crippen LogP contribution >= 0.6 is 0 Å². The minimum atomic E-state index is -4.15. The zero-order chi connectivity index (χ0) is 13.9. The second-order valence-corrected chi connectivity index (χ2v) is 4.86. The molecule has 0 amide bonds. The fourth-order valence-corrected chi connectivity index (χ4v) is 2.69. The summed E-state index contributed by atoms with van der Waals surface area (Å²) in [5.41, 5.74) is 2.13. The van der Waals surface area contributed by atoms with Crippen LogP contribution in [0.1, 0.15) is 30.5 Å². The van der Waals surface area contributed by atoms with Gasteiger partial charge in [0.1, 0.15) is 0 Å². The Labute approximate surface area is 111 Å². The highest BCUT2D eigenvalue weighted by Crippen LogP contribution is 2.31. The molecule has 2 rings (SSSR count). The van der Waals surface area contributed by atoms with Gasteiger partial charge in [-0.05, 0) is 30.6 Å². The smallest absolute Gasteiger partial charge is 0.313 e. The molecule has 1 unspecified atom stereocenters. The van der Waals surface area contributed by atoms with E-state index >= 15 is 0 Å². The minimum absolute atomic E-state index is 0.155. The highest BCUT2D eigenvalue weighted by molar-refractivity contribution is 5.31. The molecule has 0 saturated heterocycles. The Morgan fingerprint density at radius 2 is 2.05 bits per heavy atom. The van der Waals surface area contributed by atoms with E-state index < -0.39 is 12.7 Å². The highest BCUT2D eigenvalue weighted by Gasteiger charge is 2.34. The van der Waals surface area contributed by atoms with Crippen LogP contribution in [0.3, 0.4) is 0 Å². The first-order valence-corrected chi connectivity index (χ1v) is 6.60. The Balaban J connectivity index is 2.27. The molecule has 0 saturated carbocycles. The van der Waals surface area contributed by atoms with Gasteiger partial charge in [0.15, 0.2) is 0 Å². The lowest BCUT2D eigenvalue weighted by molar-refractivity contribution is -0.151. The summed E-state index contributed by atoms with van der Waals surface area (Å²) in [6.45, 7) is 2.82. The lowest BCUT2D eigenvalue weighted by atomic mass is 9.98. The molecule has 19 heavy (non-hydrogen) atoms. The van der Waals surface area contributed by atoms with Crippen LogP contribution in [0.2, 0.25) is 0 Å². The van der Waals surface area contributed by atoms with Crippen LogP contribution in [0.4, 0.5) is 13.2 Å². The van der Waals surface area contributed by atoms with Crippen molar-refractivity contribution in [3.8, 4) is 0 Å². The molecule has 106 valence electrons. The van der Waals surface area contributed by atoms with Gasteiger partial charge in [0.05, 0.1) is 6.54 Å². The number of fused-ring (bicyclic) bond motifs is 1. The summed E-state index contributed by atoms with van der Waals surface area (Å²) in [5, 5.41) is 3.27. The van der Waals surface area contributed by atoms with Gasteiger partial charge in [0.25, 0.3) is 0 Å². The molecule has 0 fully saturated rings. The van der Waals surface area contributed by atoms with Crippen molar-refractivity contribution in [1.29, 1.82) is 0 Å². The normalized spacial score (nSPS) is 20.2. The third-order valence-corrected chi connectivity index (χ3v) is 3.55. The van der Waals surface area contributed by atoms with Crippen molar-refractivity contribution in [2.75, 3.05) is 19.6 Å². The molecule has 1 aromatic carbocycles. The number of hydrogen-bond acceptors (Lipinski definition) is 2. The fraction of sp³-hybridized carbons (Fsp3) is 0.571. The van der Waals surface area contributed by atoms with E-state index in [0.29, 0.717) is 13.0 Å². The molecule has 1 aliphatic heterocycles. The summed E-state index contributed by atoms with van der Waals surface area (Å²) in [4.78, 5) is 1.52. The Hall–Kier alpha value is -1.07. The van der Waals surface area contributed by atoms with E-state index in [2.05, 4.69) is 5.32 Å². The lowest BCUT2D eigenvalue weighted by Gasteiger charge is -2.31. The van der Waals surface area contributed by atoms with E-state index in [1.165, 1.54) is 4.90 Å². The molecule has 0 spiro atoms. The highest BCUT2D eigenvalue weighted by atomic mass is 19.4. The van der Waals surface area contributed by atoms with Crippen LogP contribution in [-0.2, 0) is 6.54 Å². The molecule has 5 heteroatoms. The summed E-state index contributed by atoms with van der Waals surface area (Å²) in [7, 11) is 0. The third-order valence-electron chi connectivity index (χ3n) is 3.55. The van der Waals surface area contributed by atoms with Crippen LogP contribution in [0.15, 0.2) is 24.3 Å². The van der Waals surface area contributed by atoms with Crippen molar-refractivity contribution in [1.82, 2.24) is 10.2 Å². The first-order chi connectivity index (χ1) is 9.01. The quantitative estimate of drug-likeness (QED) is 0.909. The van der Waals surface area contributed by atoms with Crippen molar-refractivity contribution in [2.24, 2.45) is 0 Å². The minimum Gasteiger partial charge on any atom is -0.313 e. The summed E-state index contributed by atoms with van der Waals surface area (Å²) < 4.78 is 38.0. The van der Waals surface area contributed by atoms with E-state index in [-0.39, 0.29) is 6.04 Å².